The fourth-order valence-electron chi connectivity index (χ4n) is 3.24. The number of nitrogens with zero attached hydrogens (tertiary/aromatic N) is 1. The molecule has 0 saturated carbocycles. The molecule has 0 unspecified atom stereocenters. The van der Waals surface area contributed by atoms with E-state index < -0.39 is 0 Å². The highest BCUT2D eigenvalue weighted by molar-refractivity contribution is 6.31. The normalized spacial score (nSPS) is 18.1. The van der Waals surface area contributed by atoms with Gasteiger partial charge in [0, 0.05) is 23.8 Å². The summed E-state index contributed by atoms with van der Waals surface area (Å²) in [5.41, 5.74) is 2.72. The summed E-state index contributed by atoms with van der Waals surface area (Å²) in [5, 5.41) is 3.67. The van der Waals surface area contributed by atoms with Gasteiger partial charge < -0.3 is 5.32 Å². The van der Waals surface area contributed by atoms with Crippen LogP contribution in [0.5, 0.6) is 0 Å². The average Bonchev–Trinajstić information content (AvgIpc) is 2.61. The molecule has 25 heavy (non-hydrogen) atoms. The molecule has 1 aliphatic heterocycles. The maximum absolute atomic E-state index is 13.0. The summed E-state index contributed by atoms with van der Waals surface area (Å²) in [6.07, 6.45) is 1.86. The van der Waals surface area contributed by atoms with Gasteiger partial charge in [-0.15, -0.1) is 0 Å². The molecule has 0 bridgehead atoms. The number of carbonyl (C=O) groups is 1. The van der Waals surface area contributed by atoms with Crippen molar-refractivity contribution in [3.8, 4) is 0 Å². The van der Waals surface area contributed by atoms with Crippen LogP contribution in [0.25, 0.3) is 0 Å². The molecule has 1 heterocycles. The van der Waals surface area contributed by atoms with E-state index in [1.807, 2.05) is 25.1 Å². The molecular formula is C20H22ClFN2O. The molecule has 2 aromatic carbocycles. The Bertz CT molecular complexity index is 748. The summed E-state index contributed by atoms with van der Waals surface area (Å²) in [4.78, 5) is 14.9. The summed E-state index contributed by atoms with van der Waals surface area (Å²) in [6, 6.07) is 12.1. The van der Waals surface area contributed by atoms with Crippen LogP contribution in [0.15, 0.2) is 42.5 Å². The maximum Gasteiger partial charge on any atom is 0.228 e. The van der Waals surface area contributed by atoms with Gasteiger partial charge in [0.15, 0.2) is 0 Å². The Kier molecular flexibility index (Phi) is 5.71. The van der Waals surface area contributed by atoms with Gasteiger partial charge in [0.25, 0.3) is 0 Å². The SMILES string of the molecule is Cc1c(Cl)cccc1NC(=O)[C@H]1CCCN(Cc2ccc(F)cc2)C1. The second kappa shape index (κ2) is 7.98. The lowest BCUT2D eigenvalue weighted by Gasteiger charge is -2.32. The van der Waals surface area contributed by atoms with Crippen molar-refractivity contribution in [2.24, 2.45) is 5.92 Å². The second-order valence-corrected chi connectivity index (χ2v) is 7.01. The zero-order valence-corrected chi connectivity index (χ0v) is 15.0. The molecule has 132 valence electrons. The van der Waals surface area contributed by atoms with Crippen molar-refractivity contribution in [2.45, 2.75) is 26.3 Å². The lowest BCUT2D eigenvalue weighted by molar-refractivity contribution is -0.121. The van der Waals surface area contributed by atoms with Crippen LogP contribution in [0.4, 0.5) is 10.1 Å². The number of carbonyl (C=O) groups excluding carboxylic acids is 1. The first-order chi connectivity index (χ1) is 12.0. The molecular weight excluding hydrogens is 339 g/mol. The third kappa shape index (κ3) is 4.59. The van der Waals surface area contributed by atoms with E-state index in [2.05, 4.69) is 10.2 Å². The van der Waals surface area contributed by atoms with E-state index >= 15 is 0 Å². The van der Waals surface area contributed by atoms with Crippen LogP contribution in [0, 0.1) is 18.7 Å². The molecule has 1 N–H and O–H groups in total. The van der Waals surface area contributed by atoms with E-state index in [0.717, 1.165) is 42.7 Å². The van der Waals surface area contributed by atoms with Crippen LogP contribution in [0.2, 0.25) is 5.02 Å². The van der Waals surface area contributed by atoms with Crippen molar-refractivity contribution in [1.82, 2.24) is 4.90 Å². The molecule has 1 atom stereocenters. The van der Waals surface area contributed by atoms with Gasteiger partial charge in [-0.25, -0.2) is 4.39 Å². The topological polar surface area (TPSA) is 32.3 Å². The number of likely N-dealkylation sites (tertiary alicyclic amines) is 1. The Hall–Kier alpha value is -1.91. The number of rotatable bonds is 4. The Morgan fingerprint density at radius 1 is 1.28 bits per heavy atom. The second-order valence-electron chi connectivity index (χ2n) is 6.60. The minimum absolute atomic E-state index is 0.0363. The number of nitrogens with one attached hydrogen (secondary N) is 1. The lowest BCUT2D eigenvalue weighted by atomic mass is 9.96. The maximum atomic E-state index is 13.0. The van der Waals surface area contributed by atoms with Gasteiger partial charge in [-0.3, -0.25) is 9.69 Å². The summed E-state index contributed by atoms with van der Waals surface area (Å²) in [6.45, 7) is 4.31. The van der Waals surface area contributed by atoms with Crippen molar-refractivity contribution in [3.63, 3.8) is 0 Å². The number of piperidine rings is 1. The third-order valence-electron chi connectivity index (χ3n) is 4.72. The van der Waals surface area contributed by atoms with E-state index in [0.29, 0.717) is 11.6 Å². The number of amides is 1. The van der Waals surface area contributed by atoms with Gasteiger partial charge in [0.1, 0.15) is 5.82 Å². The minimum Gasteiger partial charge on any atom is -0.326 e. The first-order valence-electron chi connectivity index (χ1n) is 8.55. The quantitative estimate of drug-likeness (QED) is 0.861. The van der Waals surface area contributed by atoms with Crippen molar-refractivity contribution < 1.29 is 9.18 Å². The van der Waals surface area contributed by atoms with Gasteiger partial charge in [-0.1, -0.05) is 29.8 Å². The Balaban J connectivity index is 1.61. The van der Waals surface area contributed by atoms with E-state index in [9.17, 15) is 9.18 Å². The summed E-state index contributed by atoms with van der Waals surface area (Å²) < 4.78 is 13.0. The number of anilines is 1. The predicted molar refractivity (Wildman–Crippen MR) is 99.2 cm³/mol. The van der Waals surface area contributed by atoms with Crippen molar-refractivity contribution in [1.29, 1.82) is 0 Å². The number of halogens is 2. The van der Waals surface area contributed by atoms with Crippen LogP contribution in [0.1, 0.15) is 24.0 Å². The summed E-state index contributed by atoms with van der Waals surface area (Å²) in [7, 11) is 0. The van der Waals surface area contributed by atoms with Crippen molar-refractivity contribution >= 4 is 23.2 Å². The Morgan fingerprint density at radius 2 is 2.04 bits per heavy atom. The molecule has 1 saturated heterocycles. The van der Waals surface area contributed by atoms with Crippen LogP contribution >= 0.6 is 11.6 Å². The molecule has 5 heteroatoms. The fourth-order valence-corrected chi connectivity index (χ4v) is 3.41. The monoisotopic (exact) mass is 360 g/mol. The van der Waals surface area contributed by atoms with Gasteiger partial charge in [-0.05, 0) is 61.7 Å². The van der Waals surface area contributed by atoms with E-state index in [1.165, 1.54) is 12.1 Å². The highest BCUT2D eigenvalue weighted by Crippen LogP contribution is 2.25. The van der Waals surface area contributed by atoms with Crippen molar-refractivity contribution in [3.05, 3.63) is 64.4 Å². The Morgan fingerprint density at radius 3 is 2.80 bits per heavy atom. The standard InChI is InChI=1S/C20H22ClFN2O/c1-14-18(21)5-2-6-19(14)23-20(25)16-4-3-11-24(13-16)12-15-7-9-17(22)10-8-15/h2,5-10,16H,3-4,11-13H2,1H3,(H,23,25)/t16-/m0/s1. The minimum atomic E-state index is -0.225. The number of benzene rings is 2. The van der Waals surface area contributed by atoms with Gasteiger partial charge in [0.2, 0.25) is 5.91 Å². The third-order valence-corrected chi connectivity index (χ3v) is 5.13. The molecule has 2 aromatic rings. The molecule has 0 spiro atoms. The number of hydrogen-bond donors (Lipinski definition) is 1. The van der Waals surface area contributed by atoms with E-state index in [-0.39, 0.29) is 17.6 Å². The zero-order valence-electron chi connectivity index (χ0n) is 14.3. The lowest BCUT2D eigenvalue weighted by Crippen LogP contribution is -2.40. The van der Waals surface area contributed by atoms with Crippen molar-refractivity contribution in [2.75, 3.05) is 18.4 Å². The van der Waals surface area contributed by atoms with E-state index in [1.54, 1.807) is 12.1 Å². The zero-order chi connectivity index (χ0) is 17.8. The van der Waals surface area contributed by atoms with Gasteiger partial charge in [-0.2, -0.15) is 0 Å². The molecule has 1 aliphatic rings. The fraction of sp³-hybridized carbons (Fsp3) is 0.350. The van der Waals surface area contributed by atoms with Crippen LogP contribution in [0.3, 0.4) is 0 Å². The molecule has 1 amide bonds. The largest absolute Gasteiger partial charge is 0.326 e. The van der Waals surface area contributed by atoms with Crippen LogP contribution < -0.4 is 5.32 Å². The van der Waals surface area contributed by atoms with Gasteiger partial charge >= 0.3 is 0 Å². The van der Waals surface area contributed by atoms with Crippen LogP contribution in [-0.2, 0) is 11.3 Å². The molecule has 3 nitrogen and oxygen atoms in total. The molecule has 1 fully saturated rings. The highest BCUT2D eigenvalue weighted by atomic mass is 35.5. The molecule has 3 rings (SSSR count). The average molecular weight is 361 g/mol. The first kappa shape index (κ1) is 17.9. The summed E-state index contributed by atoms with van der Waals surface area (Å²) >= 11 is 6.12. The molecule has 0 aliphatic carbocycles. The molecule has 0 aromatic heterocycles. The first-order valence-corrected chi connectivity index (χ1v) is 8.93. The number of hydrogen-bond acceptors (Lipinski definition) is 2. The molecule has 0 radical (unpaired) electrons. The van der Waals surface area contributed by atoms with Crippen LogP contribution in [-0.4, -0.2) is 23.9 Å². The van der Waals surface area contributed by atoms with E-state index in [4.69, 9.17) is 11.6 Å². The highest BCUT2D eigenvalue weighted by Gasteiger charge is 2.26. The Labute approximate surface area is 152 Å². The summed E-state index contributed by atoms with van der Waals surface area (Å²) in [5.74, 6) is -0.238. The van der Waals surface area contributed by atoms with Gasteiger partial charge in [0.05, 0.1) is 5.92 Å². The predicted octanol–water partition coefficient (Wildman–Crippen LogP) is 4.64. The smallest absolute Gasteiger partial charge is 0.228 e.